The van der Waals surface area contributed by atoms with Crippen LogP contribution in [0.25, 0.3) is 0 Å². The van der Waals surface area contributed by atoms with E-state index in [0.717, 1.165) is 31.8 Å². The second kappa shape index (κ2) is 6.39. The van der Waals surface area contributed by atoms with E-state index in [1.165, 1.54) is 32.1 Å². The van der Waals surface area contributed by atoms with Crippen LogP contribution in [0.5, 0.6) is 0 Å². The summed E-state index contributed by atoms with van der Waals surface area (Å²) >= 11 is 0. The SMILES string of the molecule is CC1CCCC(CC(=O)NC2CCCNC2)C1. The Morgan fingerprint density at radius 1 is 1.29 bits per heavy atom. The normalized spacial score (nSPS) is 34.3. The fourth-order valence-electron chi connectivity index (χ4n) is 3.27. The number of nitrogens with one attached hydrogen (secondary N) is 2. The van der Waals surface area contributed by atoms with Crippen LogP contribution in [0.4, 0.5) is 0 Å². The van der Waals surface area contributed by atoms with Gasteiger partial charge in [0.25, 0.3) is 0 Å². The second-order valence-electron chi connectivity index (χ2n) is 5.95. The molecule has 1 aliphatic heterocycles. The van der Waals surface area contributed by atoms with Gasteiger partial charge >= 0.3 is 0 Å². The van der Waals surface area contributed by atoms with E-state index in [9.17, 15) is 4.79 Å². The van der Waals surface area contributed by atoms with E-state index in [1.54, 1.807) is 0 Å². The molecule has 3 heteroatoms. The van der Waals surface area contributed by atoms with Crippen LogP contribution in [-0.2, 0) is 4.79 Å². The van der Waals surface area contributed by atoms with Gasteiger partial charge in [-0.3, -0.25) is 4.79 Å². The average Bonchev–Trinajstić information content (AvgIpc) is 2.30. The quantitative estimate of drug-likeness (QED) is 0.790. The van der Waals surface area contributed by atoms with Crippen LogP contribution in [-0.4, -0.2) is 25.0 Å². The molecule has 3 nitrogen and oxygen atoms in total. The van der Waals surface area contributed by atoms with Gasteiger partial charge in [0.15, 0.2) is 0 Å². The van der Waals surface area contributed by atoms with Crippen LogP contribution in [0, 0.1) is 11.8 Å². The van der Waals surface area contributed by atoms with Gasteiger partial charge in [0.05, 0.1) is 0 Å². The minimum atomic E-state index is 0.276. The minimum absolute atomic E-state index is 0.276. The number of rotatable bonds is 3. The van der Waals surface area contributed by atoms with Crippen molar-refractivity contribution in [3.8, 4) is 0 Å². The number of hydrogen-bond donors (Lipinski definition) is 2. The predicted molar refractivity (Wildman–Crippen MR) is 69.8 cm³/mol. The Morgan fingerprint density at radius 3 is 2.88 bits per heavy atom. The Balaban J connectivity index is 1.68. The Morgan fingerprint density at radius 2 is 2.18 bits per heavy atom. The van der Waals surface area contributed by atoms with E-state index in [0.29, 0.717) is 12.0 Å². The lowest BCUT2D eigenvalue weighted by Crippen LogP contribution is -2.46. The van der Waals surface area contributed by atoms with Gasteiger partial charge in [0, 0.05) is 19.0 Å². The predicted octanol–water partition coefficient (Wildman–Crippen LogP) is 2.07. The Labute approximate surface area is 105 Å². The number of amides is 1. The van der Waals surface area contributed by atoms with Gasteiger partial charge in [-0.15, -0.1) is 0 Å². The van der Waals surface area contributed by atoms with E-state index in [4.69, 9.17) is 0 Å². The minimum Gasteiger partial charge on any atom is -0.352 e. The third-order valence-electron chi connectivity index (χ3n) is 4.18. The lowest BCUT2D eigenvalue weighted by molar-refractivity contribution is -0.123. The monoisotopic (exact) mass is 238 g/mol. The first kappa shape index (κ1) is 12.9. The van der Waals surface area contributed by atoms with E-state index >= 15 is 0 Å². The Kier molecular flexibility index (Phi) is 4.84. The summed E-state index contributed by atoms with van der Waals surface area (Å²) in [4.78, 5) is 11.9. The first-order valence-electron chi connectivity index (χ1n) is 7.24. The van der Waals surface area contributed by atoms with Crippen molar-refractivity contribution in [2.24, 2.45) is 11.8 Å². The van der Waals surface area contributed by atoms with Crippen molar-refractivity contribution in [1.29, 1.82) is 0 Å². The summed E-state index contributed by atoms with van der Waals surface area (Å²) < 4.78 is 0. The zero-order valence-electron chi connectivity index (χ0n) is 11.0. The van der Waals surface area contributed by atoms with Gasteiger partial charge < -0.3 is 10.6 Å². The summed E-state index contributed by atoms with van der Waals surface area (Å²) in [6.07, 6.45) is 8.23. The van der Waals surface area contributed by atoms with Gasteiger partial charge in [0.1, 0.15) is 0 Å². The molecule has 1 heterocycles. The molecule has 0 spiro atoms. The highest BCUT2D eigenvalue weighted by molar-refractivity contribution is 5.76. The molecule has 17 heavy (non-hydrogen) atoms. The molecular weight excluding hydrogens is 212 g/mol. The molecule has 1 aliphatic carbocycles. The molecule has 3 unspecified atom stereocenters. The summed E-state index contributed by atoms with van der Waals surface area (Å²) in [7, 11) is 0. The zero-order valence-corrected chi connectivity index (χ0v) is 11.0. The number of piperidine rings is 1. The smallest absolute Gasteiger partial charge is 0.220 e. The Bertz CT molecular complexity index is 249. The van der Waals surface area contributed by atoms with Crippen LogP contribution >= 0.6 is 0 Å². The van der Waals surface area contributed by atoms with Crippen LogP contribution < -0.4 is 10.6 Å². The largest absolute Gasteiger partial charge is 0.352 e. The van der Waals surface area contributed by atoms with Crippen LogP contribution in [0.2, 0.25) is 0 Å². The lowest BCUT2D eigenvalue weighted by atomic mass is 9.80. The average molecular weight is 238 g/mol. The second-order valence-corrected chi connectivity index (χ2v) is 5.95. The molecule has 1 amide bonds. The van der Waals surface area contributed by atoms with Gasteiger partial charge in [0.2, 0.25) is 5.91 Å². The maximum absolute atomic E-state index is 11.9. The van der Waals surface area contributed by atoms with Gasteiger partial charge in [-0.05, 0) is 44.1 Å². The highest BCUT2D eigenvalue weighted by atomic mass is 16.1. The zero-order chi connectivity index (χ0) is 12.1. The van der Waals surface area contributed by atoms with Gasteiger partial charge in [-0.25, -0.2) is 0 Å². The topological polar surface area (TPSA) is 41.1 Å². The molecule has 2 aliphatic rings. The maximum Gasteiger partial charge on any atom is 0.220 e. The lowest BCUT2D eigenvalue weighted by Gasteiger charge is -2.28. The maximum atomic E-state index is 11.9. The highest BCUT2D eigenvalue weighted by Gasteiger charge is 2.22. The molecule has 2 rings (SSSR count). The molecular formula is C14H26N2O. The summed E-state index contributed by atoms with van der Waals surface area (Å²) in [5, 5.41) is 6.52. The molecule has 1 saturated carbocycles. The number of carbonyl (C=O) groups excluding carboxylic acids is 1. The molecule has 0 aromatic rings. The van der Waals surface area contributed by atoms with Crippen molar-refractivity contribution < 1.29 is 4.79 Å². The highest BCUT2D eigenvalue weighted by Crippen LogP contribution is 2.30. The summed E-state index contributed by atoms with van der Waals surface area (Å²) in [6.45, 7) is 4.37. The van der Waals surface area contributed by atoms with Crippen molar-refractivity contribution in [3.63, 3.8) is 0 Å². The van der Waals surface area contributed by atoms with Gasteiger partial charge in [-0.2, -0.15) is 0 Å². The molecule has 3 atom stereocenters. The number of hydrogen-bond acceptors (Lipinski definition) is 2. The first-order chi connectivity index (χ1) is 8.24. The molecule has 0 aromatic carbocycles. The van der Waals surface area contributed by atoms with Crippen LogP contribution in [0.3, 0.4) is 0 Å². The number of carbonyl (C=O) groups is 1. The molecule has 2 fully saturated rings. The van der Waals surface area contributed by atoms with E-state index < -0.39 is 0 Å². The van der Waals surface area contributed by atoms with Crippen LogP contribution in [0.1, 0.15) is 51.9 Å². The molecule has 0 bridgehead atoms. The summed E-state index contributed by atoms with van der Waals surface area (Å²) in [5.41, 5.74) is 0. The fourth-order valence-corrected chi connectivity index (χ4v) is 3.27. The molecule has 2 N–H and O–H groups in total. The third-order valence-corrected chi connectivity index (χ3v) is 4.18. The van der Waals surface area contributed by atoms with Crippen molar-refractivity contribution in [2.75, 3.05) is 13.1 Å². The van der Waals surface area contributed by atoms with Crippen molar-refractivity contribution >= 4 is 5.91 Å². The fraction of sp³-hybridized carbons (Fsp3) is 0.929. The van der Waals surface area contributed by atoms with E-state index in [2.05, 4.69) is 17.6 Å². The summed E-state index contributed by atoms with van der Waals surface area (Å²) in [6, 6.07) is 0.372. The van der Waals surface area contributed by atoms with E-state index in [1.807, 2.05) is 0 Å². The molecule has 1 saturated heterocycles. The Hall–Kier alpha value is -0.570. The standard InChI is InChI=1S/C14H26N2O/c1-11-4-2-5-12(8-11)9-14(17)16-13-6-3-7-15-10-13/h11-13,15H,2-10H2,1H3,(H,16,17). The molecule has 98 valence electrons. The summed E-state index contributed by atoms with van der Waals surface area (Å²) in [5.74, 6) is 1.73. The van der Waals surface area contributed by atoms with Crippen molar-refractivity contribution in [1.82, 2.24) is 10.6 Å². The van der Waals surface area contributed by atoms with Crippen LogP contribution in [0.15, 0.2) is 0 Å². The van der Waals surface area contributed by atoms with Crippen molar-refractivity contribution in [2.45, 2.75) is 57.9 Å². The third kappa shape index (κ3) is 4.30. The first-order valence-corrected chi connectivity index (χ1v) is 7.24. The van der Waals surface area contributed by atoms with Gasteiger partial charge in [-0.1, -0.05) is 19.8 Å². The van der Waals surface area contributed by atoms with E-state index in [-0.39, 0.29) is 5.91 Å². The van der Waals surface area contributed by atoms with Crippen molar-refractivity contribution in [3.05, 3.63) is 0 Å². The molecule has 0 aromatic heterocycles. The molecule has 0 radical (unpaired) electrons.